The molecule has 1 aromatic heterocycles. The Bertz CT molecular complexity index is 529. The minimum absolute atomic E-state index is 0.00541. The number of carbonyl (C=O) groups is 2. The number of hydrogen-bond acceptors (Lipinski definition) is 4. The van der Waals surface area contributed by atoms with Crippen molar-refractivity contribution in [3.63, 3.8) is 0 Å². The van der Waals surface area contributed by atoms with Crippen LogP contribution in [0.2, 0.25) is 0 Å². The highest BCUT2D eigenvalue weighted by Gasteiger charge is 2.25. The Balaban J connectivity index is 1.35. The van der Waals surface area contributed by atoms with E-state index in [0.717, 1.165) is 25.7 Å². The van der Waals surface area contributed by atoms with E-state index < -0.39 is 0 Å². The predicted octanol–water partition coefficient (Wildman–Crippen LogP) is 2.35. The molecule has 6 nitrogen and oxygen atoms in total. The molecule has 2 aliphatic rings. The van der Waals surface area contributed by atoms with Crippen LogP contribution in [0, 0.1) is 0 Å². The number of nitrogens with one attached hydrogen (secondary N) is 1. The fraction of sp³-hybridized carbons (Fsp3) is 0.667. The molecular weight excluding hydrogens is 308 g/mol. The average Bonchev–Trinajstić information content (AvgIpc) is 3.16. The Morgan fingerprint density at radius 3 is 2.58 bits per heavy atom. The molecule has 24 heavy (non-hydrogen) atoms. The van der Waals surface area contributed by atoms with Crippen molar-refractivity contribution in [1.82, 2.24) is 10.2 Å². The maximum atomic E-state index is 12.2. The van der Waals surface area contributed by atoms with Crippen molar-refractivity contribution >= 4 is 11.8 Å². The van der Waals surface area contributed by atoms with Gasteiger partial charge in [-0.25, -0.2) is 0 Å². The average molecular weight is 334 g/mol. The second-order valence-electron chi connectivity index (χ2n) is 6.72. The minimum Gasteiger partial charge on any atom is -0.472 e. The van der Waals surface area contributed by atoms with E-state index in [4.69, 9.17) is 9.15 Å². The molecule has 0 radical (unpaired) electrons. The highest BCUT2D eigenvalue weighted by molar-refractivity contribution is 5.93. The molecule has 1 saturated heterocycles. The summed E-state index contributed by atoms with van der Waals surface area (Å²) in [6.45, 7) is 1.45. The van der Waals surface area contributed by atoms with Gasteiger partial charge in [0, 0.05) is 19.1 Å². The van der Waals surface area contributed by atoms with Gasteiger partial charge in [0.25, 0.3) is 5.91 Å². The molecule has 6 heteroatoms. The van der Waals surface area contributed by atoms with Crippen LogP contribution in [0.4, 0.5) is 0 Å². The molecule has 1 aliphatic carbocycles. The van der Waals surface area contributed by atoms with Gasteiger partial charge in [0.05, 0.1) is 17.9 Å². The van der Waals surface area contributed by atoms with Crippen LogP contribution in [-0.2, 0) is 9.53 Å². The van der Waals surface area contributed by atoms with E-state index in [-0.39, 0.29) is 30.6 Å². The summed E-state index contributed by atoms with van der Waals surface area (Å²) in [4.78, 5) is 26.1. The van der Waals surface area contributed by atoms with Crippen molar-refractivity contribution in [2.24, 2.45) is 0 Å². The van der Waals surface area contributed by atoms with Gasteiger partial charge in [0.15, 0.2) is 0 Å². The van der Waals surface area contributed by atoms with E-state index in [1.54, 1.807) is 6.07 Å². The topological polar surface area (TPSA) is 71.8 Å². The number of furan rings is 1. The van der Waals surface area contributed by atoms with Crippen LogP contribution >= 0.6 is 0 Å². The van der Waals surface area contributed by atoms with E-state index in [1.165, 1.54) is 31.8 Å². The summed E-state index contributed by atoms with van der Waals surface area (Å²) >= 11 is 0. The third kappa shape index (κ3) is 4.60. The molecular formula is C18H26N2O4. The molecule has 1 N–H and O–H groups in total. The summed E-state index contributed by atoms with van der Waals surface area (Å²) in [5.74, 6) is -0.0469. The Labute approximate surface area is 142 Å². The third-order valence-corrected chi connectivity index (χ3v) is 4.92. The van der Waals surface area contributed by atoms with Gasteiger partial charge in [-0.05, 0) is 31.7 Å². The summed E-state index contributed by atoms with van der Waals surface area (Å²) < 4.78 is 10.7. The second kappa shape index (κ2) is 8.33. The number of carbonyl (C=O) groups excluding carboxylic acids is 2. The van der Waals surface area contributed by atoms with Gasteiger partial charge in [-0.2, -0.15) is 0 Å². The number of piperidine rings is 1. The van der Waals surface area contributed by atoms with Gasteiger partial charge in [0.1, 0.15) is 12.9 Å². The predicted molar refractivity (Wildman–Crippen MR) is 88.6 cm³/mol. The molecule has 0 bridgehead atoms. The molecule has 2 amide bonds. The summed E-state index contributed by atoms with van der Waals surface area (Å²) in [6.07, 6.45) is 10.6. The Hall–Kier alpha value is -1.82. The molecule has 1 aliphatic heterocycles. The largest absolute Gasteiger partial charge is 0.472 e. The highest BCUT2D eigenvalue weighted by Crippen LogP contribution is 2.20. The minimum atomic E-state index is -0.0415. The van der Waals surface area contributed by atoms with Crippen molar-refractivity contribution in [2.75, 3.05) is 19.7 Å². The van der Waals surface area contributed by atoms with Crippen LogP contribution in [0.25, 0.3) is 0 Å². The van der Waals surface area contributed by atoms with Crippen LogP contribution in [-0.4, -0.2) is 48.6 Å². The fourth-order valence-electron chi connectivity index (χ4n) is 3.49. The Morgan fingerprint density at radius 2 is 1.92 bits per heavy atom. The zero-order valence-corrected chi connectivity index (χ0v) is 14.0. The van der Waals surface area contributed by atoms with Crippen LogP contribution < -0.4 is 5.32 Å². The number of nitrogens with zero attached hydrogens (tertiary/aromatic N) is 1. The van der Waals surface area contributed by atoms with E-state index in [9.17, 15) is 9.59 Å². The zero-order chi connectivity index (χ0) is 16.8. The Kier molecular flexibility index (Phi) is 5.91. The van der Waals surface area contributed by atoms with Crippen molar-refractivity contribution in [1.29, 1.82) is 0 Å². The van der Waals surface area contributed by atoms with E-state index >= 15 is 0 Å². The first-order valence-corrected chi connectivity index (χ1v) is 8.95. The molecule has 0 aromatic carbocycles. The molecule has 1 saturated carbocycles. The maximum absolute atomic E-state index is 12.2. The molecule has 132 valence electrons. The standard InChI is InChI=1S/C18H26N2O4/c21-17(13-24-16-4-2-1-3-5-16)19-15-6-9-20(10-7-15)18(22)14-8-11-23-12-14/h8,11-12,15-16H,1-7,9-10,13H2,(H,19,21). The monoisotopic (exact) mass is 334 g/mol. The second-order valence-corrected chi connectivity index (χ2v) is 6.72. The quantitative estimate of drug-likeness (QED) is 0.897. The van der Waals surface area contributed by atoms with Crippen molar-refractivity contribution in [3.8, 4) is 0 Å². The lowest BCUT2D eigenvalue weighted by Gasteiger charge is -2.32. The number of hydrogen-bond donors (Lipinski definition) is 1. The lowest BCUT2D eigenvalue weighted by Crippen LogP contribution is -2.47. The number of ether oxygens (including phenoxy) is 1. The van der Waals surface area contributed by atoms with Gasteiger partial charge < -0.3 is 19.4 Å². The van der Waals surface area contributed by atoms with Crippen molar-refractivity contribution in [2.45, 2.75) is 57.1 Å². The zero-order valence-electron chi connectivity index (χ0n) is 14.0. The highest BCUT2D eigenvalue weighted by atomic mass is 16.5. The fourth-order valence-corrected chi connectivity index (χ4v) is 3.49. The van der Waals surface area contributed by atoms with E-state index in [0.29, 0.717) is 18.7 Å². The molecule has 2 heterocycles. The van der Waals surface area contributed by atoms with Crippen molar-refractivity contribution < 1.29 is 18.7 Å². The first-order valence-electron chi connectivity index (χ1n) is 8.95. The molecule has 0 unspecified atom stereocenters. The molecule has 1 aromatic rings. The molecule has 3 rings (SSSR count). The van der Waals surface area contributed by atoms with Gasteiger partial charge in [0.2, 0.25) is 5.91 Å². The van der Waals surface area contributed by atoms with Gasteiger partial charge >= 0.3 is 0 Å². The van der Waals surface area contributed by atoms with E-state index in [2.05, 4.69) is 5.32 Å². The van der Waals surface area contributed by atoms with Gasteiger partial charge in [-0.3, -0.25) is 9.59 Å². The first kappa shape index (κ1) is 17.0. The van der Waals surface area contributed by atoms with Crippen LogP contribution in [0.5, 0.6) is 0 Å². The number of likely N-dealkylation sites (tertiary alicyclic amines) is 1. The van der Waals surface area contributed by atoms with Gasteiger partial charge in [-0.1, -0.05) is 19.3 Å². The smallest absolute Gasteiger partial charge is 0.257 e. The lowest BCUT2D eigenvalue weighted by molar-refractivity contribution is -0.129. The normalized spacial score (nSPS) is 20.1. The van der Waals surface area contributed by atoms with Crippen LogP contribution in [0.3, 0.4) is 0 Å². The third-order valence-electron chi connectivity index (χ3n) is 4.92. The van der Waals surface area contributed by atoms with Crippen LogP contribution in [0.15, 0.2) is 23.0 Å². The molecule has 0 spiro atoms. The molecule has 0 atom stereocenters. The summed E-state index contributed by atoms with van der Waals surface area (Å²) in [5, 5.41) is 3.03. The SMILES string of the molecule is O=C(COC1CCCCC1)NC1CCN(C(=O)c2ccoc2)CC1. The van der Waals surface area contributed by atoms with Gasteiger partial charge in [-0.15, -0.1) is 0 Å². The Morgan fingerprint density at radius 1 is 1.17 bits per heavy atom. The number of amides is 2. The van der Waals surface area contributed by atoms with E-state index in [1.807, 2.05) is 4.90 Å². The van der Waals surface area contributed by atoms with Crippen molar-refractivity contribution in [3.05, 3.63) is 24.2 Å². The lowest BCUT2D eigenvalue weighted by atomic mass is 9.98. The number of rotatable bonds is 5. The first-order chi connectivity index (χ1) is 11.7. The molecule has 2 fully saturated rings. The summed E-state index contributed by atoms with van der Waals surface area (Å²) in [5.41, 5.74) is 0.582. The summed E-state index contributed by atoms with van der Waals surface area (Å²) in [7, 11) is 0. The van der Waals surface area contributed by atoms with Crippen LogP contribution in [0.1, 0.15) is 55.3 Å². The summed E-state index contributed by atoms with van der Waals surface area (Å²) in [6, 6.07) is 1.81. The maximum Gasteiger partial charge on any atom is 0.257 e.